The normalized spacial score (nSPS) is 10.3. The number of hydrogen-bond acceptors (Lipinski definition) is 5. The molecule has 2 N–H and O–H groups in total. The van der Waals surface area contributed by atoms with Crippen molar-refractivity contribution in [2.75, 3.05) is 17.2 Å². The molecule has 176 valence electrons. The van der Waals surface area contributed by atoms with Crippen molar-refractivity contribution < 1.29 is 23.9 Å². The molecule has 0 heterocycles. The van der Waals surface area contributed by atoms with Gasteiger partial charge in [-0.3, -0.25) is 14.4 Å². The first-order valence-corrected chi connectivity index (χ1v) is 11.0. The minimum absolute atomic E-state index is 0.0499. The quantitative estimate of drug-likeness (QED) is 0.396. The van der Waals surface area contributed by atoms with Crippen LogP contribution in [-0.2, 0) is 19.1 Å². The van der Waals surface area contributed by atoms with Crippen LogP contribution in [0.5, 0.6) is 11.5 Å². The summed E-state index contributed by atoms with van der Waals surface area (Å²) in [4.78, 5) is 36.0. The van der Waals surface area contributed by atoms with Gasteiger partial charge in [-0.25, -0.2) is 0 Å². The van der Waals surface area contributed by atoms with Crippen molar-refractivity contribution in [2.24, 2.45) is 0 Å². The summed E-state index contributed by atoms with van der Waals surface area (Å²) in [6, 6.07) is 22.1. The summed E-state index contributed by atoms with van der Waals surface area (Å²) in [5.74, 6) is 0.271. The number of carbonyl (C=O) groups excluding carboxylic acids is 3. The van der Waals surface area contributed by atoms with E-state index in [0.717, 1.165) is 16.9 Å². The number of ether oxygens (including phenoxy) is 2. The topological polar surface area (TPSA) is 93.7 Å². The number of hydrogen-bond donors (Lipinski definition) is 2. The van der Waals surface area contributed by atoms with Gasteiger partial charge in [-0.2, -0.15) is 0 Å². The van der Waals surface area contributed by atoms with Crippen LogP contribution in [0, 0.1) is 13.8 Å². The number of para-hydroxylation sites is 1. The predicted molar refractivity (Wildman–Crippen MR) is 131 cm³/mol. The van der Waals surface area contributed by atoms with E-state index in [-0.39, 0.29) is 25.4 Å². The fraction of sp³-hybridized carbons (Fsp3) is 0.222. The van der Waals surface area contributed by atoms with Gasteiger partial charge in [-0.05, 0) is 73.9 Å². The number of rotatable bonds is 10. The van der Waals surface area contributed by atoms with E-state index in [4.69, 9.17) is 9.47 Å². The van der Waals surface area contributed by atoms with Gasteiger partial charge in [0.1, 0.15) is 11.5 Å². The van der Waals surface area contributed by atoms with Gasteiger partial charge in [-0.1, -0.05) is 30.3 Å². The van der Waals surface area contributed by atoms with Gasteiger partial charge >= 0.3 is 5.97 Å². The third-order valence-electron chi connectivity index (χ3n) is 4.93. The Balaban J connectivity index is 1.33. The third kappa shape index (κ3) is 8.09. The lowest BCUT2D eigenvalue weighted by Crippen LogP contribution is -2.21. The van der Waals surface area contributed by atoms with Crippen molar-refractivity contribution in [3.05, 3.63) is 83.9 Å². The highest BCUT2D eigenvalue weighted by Gasteiger charge is 2.10. The number of nitrogens with one attached hydrogen (secondary N) is 2. The molecular weight excluding hydrogens is 432 g/mol. The first kappa shape index (κ1) is 24.5. The van der Waals surface area contributed by atoms with E-state index in [1.807, 2.05) is 56.3 Å². The van der Waals surface area contributed by atoms with Crippen LogP contribution in [0.1, 0.15) is 30.4 Å². The van der Waals surface area contributed by atoms with Gasteiger partial charge in [0.2, 0.25) is 5.91 Å². The molecule has 0 aromatic heterocycles. The minimum atomic E-state index is -0.523. The Morgan fingerprint density at radius 3 is 2.26 bits per heavy atom. The molecule has 0 aliphatic carbocycles. The van der Waals surface area contributed by atoms with Gasteiger partial charge in [-0.15, -0.1) is 0 Å². The Labute approximate surface area is 199 Å². The second-order valence-corrected chi connectivity index (χ2v) is 7.87. The maximum atomic E-state index is 12.1. The highest BCUT2D eigenvalue weighted by atomic mass is 16.5. The highest BCUT2D eigenvalue weighted by Crippen LogP contribution is 2.23. The Hall–Kier alpha value is -4.13. The first-order valence-electron chi connectivity index (χ1n) is 11.0. The molecule has 7 heteroatoms. The predicted octanol–water partition coefficient (Wildman–Crippen LogP) is 5.39. The van der Waals surface area contributed by atoms with Crippen LogP contribution in [0.2, 0.25) is 0 Å². The first-order chi connectivity index (χ1) is 16.4. The molecule has 34 heavy (non-hydrogen) atoms. The Morgan fingerprint density at radius 1 is 0.765 bits per heavy atom. The molecule has 0 spiro atoms. The average Bonchev–Trinajstić information content (AvgIpc) is 2.80. The summed E-state index contributed by atoms with van der Waals surface area (Å²) in [5, 5.41) is 5.49. The maximum absolute atomic E-state index is 12.1. The third-order valence-corrected chi connectivity index (χ3v) is 4.93. The molecule has 0 saturated carbocycles. The molecule has 0 bridgehead atoms. The molecule has 0 unspecified atom stereocenters. The van der Waals surface area contributed by atoms with Crippen molar-refractivity contribution in [3.8, 4) is 11.5 Å². The highest BCUT2D eigenvalue weighted by molar-refractivity contribution is 5.93. The van der Waals surface area contributed by atoms with Crippen LogP contribution >= 0.6 is 0 Å². The van der Waals surface area contributed by atoms with Crippen LogP contribution in [0.4, 0.5) is 11.4 Å². The zero-order valence-electron chi connectivity index (χ0n) is 19.3. The van der Waals surface area contributed by atoms with Crippen LogP contribution in [0.15, 0.2) is 72.8 Å². The fourth-order valence-electron chi connectivity index (χ4n) is 3.16. The summed E-state index contributed by atoms with van der Waals surface area (Å²) in [7, 11) is 0. The number of amides is 2. The zero-order valence-corrected chi connectivity index (χ0v) is 19.3. The van der Waals surface area contributed by atoms with E-state index in [1.54, 1.807) is 30.3 Å². The van der Waals surface area contributed by atoms with E-state index in [2.05, 4.69) is 10.6 Å². The molecule has 0 fully saturated rings. The van der Waals surface area contributed by atoms with Crippen molar-refractivity contribution in [1.82, 2.24) is 0 Å². The van der Waals surface area contributed by atoms with E-state index in [0.29, 0.717) is 23.5 Å². The summed E-state index contributed by atoms with van der Waals surface area (Å²) in [5.41, 5.74) is 3.34. The smallest absolute Gasteiger partial charge is 0.306 e. The largest absolute Gasteiger partial charge is 0.457 e. The summed E-state index contributed by atoms with van der Waals surface area (Å²) in [6.07, 6.45) is 0.527. The van der Waals surface area contributed by atoms with Gasteiger partial charge in [0.25, 0.3) is 5.91 Å². The van der Waals surface area contributed by atoms with Gasteiger partial charge < -0.3 is 20.1 Å². The molecule has 3 aromatic rings. The SMILES string of the molecule is Cc1cccc(Oc2ccc(NC(=O)CCCC(=O)OCC(=O)Nc3ccccc3C)cc2)c1. The number of benzene rings is 3. The molecule has 0 aliphatic rings. The van der Waals surface area contributed by atoms with E-state index < -0.39 is 11.9 Å². The lowest BCUT2D eigenvalue weighted by atomic mass is 10.2. The molecule has 0 saturated heterocycles. The zero-order chi connectivity index (χ0) is 24.3. The van der Waals surface area contributed by atoms with Crippen LogP contribution < -0.4 is 15.4 Å². The lowest BCUT2D eigenvalue weighted by molar-refractivity contribution is -0.147. The summed E-state index contributed by atoms with van der Waals surface area (Å²) < 4.78 is 10.8. The molecular formula is C27H28N2O5. The second-order valence-electron chi connectivity index (χ2n) is 7.87. The molecule has 0 radical (unpaired) electrons. The maximum Gasteiger partial charge on any atom is 0.306 e. The van der Waals surface area contributed by atoms with Crippen LogP contribution in [0.3, 0.4) is 0 Å². The summed E-state index contributed by atoms with van der Waals surface area (Å²) in [6.45, 7) is 3.51. The number of anilines is 2. The number of carbonyl (C=O) groups is 3. The minimum Gasteiger partial charge on any atom is -0.457 e. The van der Waals surface area contributed by atoms with E-state index >= 15 is 0 Å². The number of aryl methyl sites for hydroxylation is 2. The second kappa shape index (κ2) is 12.2. The Kier molecular flexibility index (Phi) is 8.80. The molecule has 0 aliphatic heterocycles. The Morgan fingerprint density at radius 2 is 1.53 bits per heavy atom. The van der Waals surface area contributed by atoms with E-state index in [1.165, 1.54) is 0 Å². The molecule has 3 rings (SSSR count). The van der Waals surface area contributed by atoms with E-state index in [9.17, 15) is 14.4 Å². The van der Waals surface area contributed by atoms with Gasteiger partial charge in [0.15, 0.2) is 6.61 Å². The number of esters is 1. The van der Waals surface area contributed by atoms with Crippen LogP contribution in [-0.4, -0.2) is 24.4 Å². The molecule has 0 atom stereocenters. The monoisotopic (exact) mass is 460 g/mol. The molecule has 7 nitrogen and oxygen atoms in total. The molecule has 3 aromatic carbocycles. The lowest BCUT2D eigenvalue weighted by Gasteiger charge is -2.09. The summed E-state index contributed by atoms with van der Waals surface area (Å²) >= 11 is 0. The fourth-order valence-corrected chi connectivity index (χ4v) is 3.16. The van der Waals surface area contributed by atoms with Crippen molar-refractivity contribution in [1.29, 1.82) is 0 Å². The average molecular weight is 461 g/mol. The van der Waals surface area contributed by atoms with Crippen molar-refractivity contribution in [3.63, 3.8) is 0 Å². The van der Waals surface area contributed by atoms with Crippen LogP contribution in [0.25, 0.3) is 0 Å². The standard InChI is InChI=1S/C27H28N2O5/c1-19-7-5-9-23(17-19)34-22-15-13-21(14-16-22)28-25(30)11-6-12-27(32)33-18-26(31)29-24-10-4-3-8-20(24)2/h3-5,7-10,13-17H,6,11-12,18H2,1-2H3,(H,28,30)(H,29,31). The van der Waals surface area contributed by atoms with Gasteiger partial charge in [0.05, 0.1) is 0 Å². The van der Waals surface area contributed by atoms with Gasteiger partial charge in [0, 0.05) is 24.2 Å². The van der Waals surface area contributed by atoms with Crippen molar-refractivity contribution >= 4 is 29.2 Å². The molecule has 2 amide bonds. The van der Waals surface area contributed by atoms with Crippen molar-refractivity contribution in [2.45, 2.75) is 33.1 Å². The Bertz CT molecular complexity index is 1140.